The molecule has 0 saturated carbocycles. The molecule has 1 nitrogen and oxygen atoms in total. The van der Waals surface area contributed by atoms with Gasteiger partial charge in [-0.25, -0.2) is 8.78 Å². The first-order chi connectivity index (χ1) is 9.52. The van der Waals surface area contributed by atoms with Crippen LogP contribution in [0.4, 0.5) is 8.78 Å². The van der Waals surface area contributed by atoms with E-state index in [1.165, 1.54) is 30.3 Å². The first-order valence-electron chi connectivity index (χ1n) is 6.08. The number of likely N-dealkylation sites (N-methyl/N-ethyl adjacent to an activating group) is 1. The second kappa shape index (κ2) is 6.53. The van der Waals surface area contributed by atoms with Crippen molar-refractivity contribution in [3.8, 4) is 0 Å². The molecule has 0 heterocycles. The normalized spacial score (nSPS) is 12.4. The molecular weight excluding hydrogens is 303 g/mol. The Labute approximate surface area is 126 Å². The van der Waals surface area contributed by atoms with Crippen molar-refractivity contribution in [2.45, 2.75) is 12.5 Å². The predicted octanol–water partition coefficient (Wildman–Crippen LogP) is 4.77. The lowest BCUT2D eigenvalue weighted by Crippen LogP contribution is -2.21. The molecule has 0 aromatic heterocycles. The highest BCUT2D eigenvalue weighted by Gasteiger charge is 2.19. The van der Waals surface area contributed by atoms with E-state index >= 15 is 0 Å². The van der Waals surface area contributed by atoms with E-state index in [4.69, 9.17) is 23.2 Å². The van der Waals surface area contributed by atoms with Crippen molar-refractivity contribution >= 4 is 23.2 Å². The van der Waals surface area contributed by atoms with Gasteiger partial charge in [0.2, 0.25) is 0 Å². The van der Waals surface area contributed by atoms with E-state index in [1.807, 2.05) is 0 Å². The van der Waals surface area contributed by atoms with Gasteiger partial charge in [0.15, 0.2) is 0 Å². The van der Waals surface area contributed by atoms with Crippen LogP contribution in [-0.4, -0.2) is 7.05 Å². The van der Waals surface area contributed by atoms with Crippen LogP contribution in [0.3, 0.4) is 0 Å². The third kappa shape index (κ3) is 3.29. The molecule has 2 aromatic rings. The summed E-state index contributed by atoms with van der Waals surface area (Å²) in [4.78, 5) is 0. The second-order valence-corrected chi connectivity index (χ2v) is 5.26. The number of benzene rings is 2. The third-order valence-corrected chi connectivity index (χ3v) is 3.69. The second-order valence-electron chi connectivity index (χ2n) is 4.42. The van der Waals surface area contributed by atoms with Crippen LogP contribution in [0.15, 0.2) is 36.4 Å². The number of hydrogen-bond acceptors (Lipinski definition) is 1. The number of halogens is 4. The largest absolute Gasteiger partial charge is 0.313 e. The van der Waals surface area contributed by atoms with Gasteiger partial charge < -0.3 is 5.32 Å². The fourth-order valence-electron chi connectivity index (χ4n) is 2.11. The maximum atomic E-state index is 13.9. The van der Waals surface area contributed by atoms with Crippen molar-refractivity contribution in [2.24, 2.45) is 0 Å². The molecule has 0 bridgehead atoms. The molecule has 0 fully saturated rings. The fourth-order valence-corrected chi connectivity index (χ4v) is 2.60. The van der Waals surface area contributed by atoms with Gasteiger partial charge in [0, 0.05) is 21.7 Å². The first kappa shape index (κ1) is 15.2. The van der Waals surface area contributed by atoms with E-state index in [0.717, 1.165) is 0 Å². The number of nitrogens with one attached hydrogen (secondary N) is 1. The van der Waals surface area contributed by atoms with Gasteiger partial charge in [-0.15, -0.1) is 0 Å². The monoisotopic (exact) mass is 315 g/mol. The van der Waals surface area contributed by atoms with Crippen molar-refractivity contribution in [3.05, 3.63) is 69.2 Å². The van der Waals surface area contributed by atoms with E-state index in [1.54, 1.807) is 13.1 Å². The SMILES string of the molecule is CNC(Cc1cc(Cl)ccc1F)c1c(F)cccc1Cl. The average Bonchev–Trinajstić information content (AvgIpc) is 2.41. The van der Waals surface area contributed by atoms with E-state index in [-0.39, 0.29) is 12.2 Å². The molecule has 1 atom stereocenters. The molecular formula is C15H13Cl2F2N. The molecule has 0 aliphatic carbocycles. The molecule has 0 amide bonds. The van der Waals surface area contributed by atoms with Crippen LogP contribution >= 0.6 is 23.2 Å². The van der Waals surface area contributed by atoms with Crippen LogP contribution in [0.5, 0.6) is 0 Å². The molecule has 1 unspecified atom stereocenters. The fraction of sp³-hybridized carbons (Fsp3) is 0.200. The molecule has 0 aliphatic heterocycles. The minimum absolute atomic E-state index is 0.254. The van der Waals surface area contributed by atoms with Crippen molar-refractivity contribution in [1.29, 1.82) is 0 Å². The molecule has 0 radical (unpaired) electrons. The molecule has 1 N–H and O–H groups in total. The summed E-state index contributed by atoms with van der Waals surface area (Å²) in [5, 5.41) is 3.71. The Kier molecular flexibility index (Phi) is 4.97. The Morgan fingerprint density at radius 1 is 1.10 bits per heavy atom. The van der Waals surface area contributed by atoms with Crippen molar-refractivity contribution in [2.75, 3.05) is 7.05 Å². The molecule has 0 saturated heterocycles. The molecule has 106 valence electrons. The molecule has 2 rings (SSSR count). The lowest BCUT2D eigenvalue weighted by Gasteiger charge is -2.19. The molecule has 0 spiro atoms. The zero-order valence-corrected chi connectivity index (χ0v) is 12.3. The molecule has 5 heteroatoms. The highest BCUT2D eigenvalue weighted by atomic mass is 35.5. The first-order valence-corrected chi connectivity index (χ1v) is 6.83. The van der Waals surface area contributed by atoms with Gasteiger partial charge in [-0.1, -0.05) is 29.3 Å². The number of rotatable bonds is 4. The van der Waals surface area contributed by atoms with Crippen LogP contribution in [0.1, 0.15) is 17.2 Å². The van der Waals surface area contributed by atoms with Gasteiger partial charge in [-0.2, -0.15) is 0 Å². The summed E-state index contributed by atoms with van der Waals surface area (Å²) >= 11 is 11.9. The van der Waals surface area contributed by atoms with Gasteiger partial charge in [0.05, 0.1) is 0 Å². The summed E-state index contributed by atoms with van der Waals surface area (Å²) in [6.45, 7) is 0. The van der Waals surface area contributed by atoms with Crippen LogP contribution < -0.4 is 5.32 Å². The summed E-state index contributed by atoms with van der Waals surface area (Å²) in [6, 6.07) is 8.36. The van der Waals surface area contributed by atoms with E-state index in [9.17, 15) is 8.78 Å². The smallest absolute Gasteiger partial charge is 0.129 e. The topological polar surface area (TPSA) is 12.0 Å². The molecule has 20 heavy (non-hydrogen) atoms. The zero-order chi connectivity index (χ0) is 14.7. The summed E-state index contributed by atoms with van der Waals surface area (Å²) in [7, 11) is 1.68. The average molecular weight is 316 g/mol. The molecule has 0 aliphatic rings. The van der Waals surface area contributed by atoms with Gasteiger partial charge in [-0.3, -0.25) is 0 Å². The van der Waals surface area contributed by atoms with Crippen LogP contribution in [0, 0.1) is 11.6 Å². The maximum Gasteiger partial charge on any atom is 0.129 e. The van der Waals surface area contributed by atoms with Crippen LogP contribution in [0.25, 0.3) is 0 Å². The standard InChI is InChI=1S/C15H13Cl2F2N/c1-20-14(15-11(17)3-2-4-13(15)19)8-9-7-10(16)5-6-12(9)18/h2-7,14,20H,8H2,1H3. The molecule has 2 aromatic carbocycles. The Balaban J connectivity index is 2.36. The van der Waals surface area contributed by atoms with Gasteiger partial charge >= 0.3 is 0 Å². The van der Waals surface area contributed by atoms with Crippen LogP contribution in [0.2, 0.25) is 10.0 Å². The summed E-state index contributed by atoms with van der Waals surface area (Å²) in [5.74, 6) is -0.790. The van der Waals surface area contributed by atoms with Crippen molar-refractivity contribution < 1.29 is 8.78 Å². The quantitative estimate of drug-likeness (QED) is 0.856. The predicted molar refractivity (Wildman–Crippen MR) is 78.3 cm³/mol. The van der Waals surface area contributed by atoms with Crippen LogP contribution in [-0.2, 0) is 6.42 Å². The van der Waals surface area contributed by atoms with Gasteiger partial charge in [-0.05, 0) is 49.4 Å². The highest BCUT2D eigenvalue weighted by Crippen LogP contribution is 2.29. The third-order valence-electron chi connectivity index (χ3n) is 3.13. The minimum atomic E-state index is -0.434. The highest BCUT2D eigenvalue weighted by molar-refractivity contribution is 6.31. The Hall–Kier alpha value is -1.16. The Bertz CT molecular complexity index is 597. The van der Waals surface area contributed by atoms with Crippen molar-refractivity contribution in [3.63, 3.8) is 0 Å². The van der Waals surface area contributed by atoms with Gasteiger partial charge in [0.25, 0.3) is 0 Å². The maximum absolute atomic E-state index is 13.9. The zero-order valence-electron chi connectivity index (χ0n) is 10.8. The summed E-state index contributed by atoms with van der Waals surface area (Å²) in [5.41, 5.74) is 0.743. The van der Waals surface area contributed by atoms with Gasteiger partial charge in [0.1, 0.15) is 11.6 Å². The van der Waals surface area contributed by atoms with Crippen molar-refractivity contribution in [1.82, 2.24) is 5.32 Å². The van der Waals surface area contributed by atoms with E-state index in [2.05, 4.69) is 5.32 Å². The lowest BCUT2D eigenvalue weighted by atomic mass is 9.98. The van der Waals surface area contributed by atoms with E-state index < -0.39 is 11.9 Å². The Morgan fingerprint density at radius 2 is 1.85 bits per heavy atom. The number of hydrogen-bond donors (Lipinski definition) is 1. The van der Waals surface area contributed by atoms with E-state index in [0.29, 0.717) is 21.2 Å². The Morgan fingerprint density at radius 3 is 2.50 bits per heavy atom. The summed E-state index contributed by atoms with van der Waals surface area (Å²) in [6.07, 6.45) is 0.254. The minimum Gasteiger partial charge on any atom is -0.313 e. The lowest BCUT2D eigenvalue weighted by molar-refractivity contribution is 0.520. The summed E-state index contributed by atoms with van der Waals surface area (Å²) < 4.78 is 27.7.